The summed E-state index contributed by atoms with van der Waals surface area (Å²) in [5.41, 5.74) is 2.14. The van der Waals surface area contributed by atoms with Crippen molar-refractivity contribution in [2.24, 2.45) is 5.92 Å². The topological polar surface area (TPSA) is 43.4 Å². The first kappa shape index (κ1) is 24.8. The van der Waals surface area contributed by atoms with E-state index in [9.17, 15) is 0 Å². The smallest absolute Gasteiger partial charge is 0.161 e. The van der Waals surface area contributed by atoms with E-state index in [1.54, 1.807) is 12.3 Å². The molecule has 0 fully saturated rings. The molecule has 1 heterocycles. The van der Waals surface area contributed by atoms with Crippen molar-refractivity contribution < 1.29 is 9.47 Å². The van der Waals surface area contributed by atoms with E-state index in [-0.39, 0.29) is 24.8 Å². The maximum absolute atomic E-state index is 5.88. The second-order valence-electron chi connectivity index (χ2n) is 6.02. The second-order valence-corrected chi connectivity index (χ2v) is 6.40. The molecule has 0 aliphatic heterocycles. The van der Waals surface area contributed by atoms with E-state index in [2.05, 4.69) is 30.2 Å². The Morgan fingerprint density at radius 2 is 1.77 bits per heavy atom. The number of ether oxygens (including phenoxy) is 2. The van der Waals surface area contributed by atoms with Crippen LogP contribution in [0.15, 0.2) is 36.5 Å². The van der Waals surface area contributed by atoms with Crippen LogP contribution in [-0.4, -0.2) is 18.1 Å². The molecule has 0 radical (unpaired) electrons. The van der Waals surface area contributed by atoms with Crippen molar-refractivity contribution in [3.8, 4) is 11.5 Å². The average molecular weight is 422 g/mol. The SMILES string of the molecule is CCOc1cc(CNCC(C)C)ccc1OCc1ccc(Cl)nc1.Cl.Cl. The Kier molecular flexibility index (Phi) is 12.4. The van der Waals surface area contributed by atoms with Crippen molar-refractivity contribution in [2.45, 2.75) is 33.9 Å². The Morgan fingerprint density at radius 3 is 2.38 bits per heavy atom. The van der Waals surface area contributed by atoms with Crippen molar-refractivity contribution in [3.05, 3.63) is 52.8 Å². The molecule has 1 aromatic carbocycles. The van der Waals surface area contributed by atoms with Crippen LogP contribution in [0.5, 0.6) is 11.5 Å². The van der Waals surface area contributed by atoms with Gasteiger partial charge in [-0.2, -0.15) is 0 Å². The van der Waals surface area contributed by atoms with Crippen molar-refractivity contribution in [1.29, 1.82) is 0 Å². The number of nitrogens with zero attached hydrogens (tertiary/aromatic N) is 1. The molecule has 0 aliphatic rings. The molecule has 0 aliphatic carbocycles. The highest BCUT2D eigenvalue weighted by Gasteiger charge is 2.07. The zero-order chi connectivity index (χ0) is 17.4. The molecule has 0 spiro atoms. The van der Waals surface area contributed by atoms with Gasteiger partial charge in [-0.05, 0) is 43.1 Å². The largest absolute Gasteiger partial charge is 0.490 e. The van der Waals surface area contributed by atoms with Crippen LogP contribution in [0.3, 0.4) is 0 Å². The summed E-state index contributed by atoms with van der Waals surface area (Å²) in [5.74, 6) is 2.13. The molecule has 0 saturated heterocycles. The van der Waals surface area contributed by atoms with Gasteiger partial charge in [0.15, 0.2) is 11.5 Å². The van der Waals surface area contributed by atoms with Gasteiger partial charge in [-0.25, -0.2) is 4.98 Å². The first-order valence-electron chi connectivity index (χ1n) is 8.28. The third-order valence-corrected chi connectivity index (χ3v) is 3.60. The molecule has 1 N–H and O–H groups in total. The zero-order valence-electron chi connectivity index (χ0n) is 15.3. The molecule has 146 valence electrons. The molecule has 0 unspecified atom stereocenters. The van der Waals surface area contributed by atoms with Crippen molar-refractivity contribution in [1.82, 2.24) is 10.3 Å². The summed E-state index contributed by atoms with van der Waals surface area (Å²) in [5, 5.41) is 3.91. The maximum atomic E-state index is 5.88. The van der Waals surface area contributed by atoms with E-state index < -0.39 is 0 Å². The monoisotopic (exact) mass is 420 g/mol. The Bertz CT molecular complexity index is 637. The van der Waals surface area contributed by atoms with Gasteiger partial charge in [0, 0.05) is 18.3 Å². The van der Waals surface area contributed by atoms with Crippen LogP contribution in [0.25, 0.3) is 0 Å². The number of nitrogens with one attached hydrogen (secondary N) is 1. The highest BCUT2D eigenvalue weighted by atomic mass is 35.5. The number of hydrogen-bond acceptors (Lipinski definition) is 4. The van der Waals surface area contributed by atoms with Gasteiger partial charge in [0.05, 0.1) is 6.61 Å². The fourth-order valence-electron chi connectivity index (χ4n) is 2.21. The number of pyridine rings is 1. The summed E-state index contributed by atoms with van der Waals surface area (Å²) < 4.78 is 11.6. The Morgan fingerprint density at radius 1 is 1.04 bits per heavy atom. The van der Waals surface area contributed by atoms with Gasteiger partial charge in [0.25, 0.3) is 0 Å². The summed E-state index contributed by atoms with van der Waals surface area (Å²) in [6.45, 7) is 9.20. The Balaban J connectivity index is 0.00000312. The lowest BCUT2D eigenvalue weighted by molar-refractivity contribution is 0.268. The van der Waals surface area contributed by atoms with Gasteiger partial charge in [-0.3, -0.25) is 0 Å². The molecule has 0 bridgehead atoms. The number of benzene rings is 1. The minimum Gasteiger partial charge on any atom is -0.490 e. The third-order valence-electron chi connectivity index (χ3n) is 3.37. The van der Waals surface area contributed by atoms with Crippen LogP contribution in [0.1, 0.15) is 31.9 Å². The van der Waals surface area contributed by atoms with Crippen molar-refractivity contribution in [3.63, 3.8) is 0 Å². The molecule has 1 aromatic heterocycles. The Hall–Kier alpha value is -1.20. The molecule has 7 heteroatoms. The molecule has 2 aromatic rings. The van der Waals surface area contributed by atoms with Gasteiger partial charge < -0.3 is 14.8 Å². The maximum Gasteiger partial charge on any atom is 0.161 e. The van der Waals surface area contributed by atoms with E-state index in [4.69, 9.17) is 21.1 Å². The van der Waals surface area contributed by atoms with Crippen LogP contribution in [0.2, 0.25) is 5.15 Å². The van der Waals surface area contributed by atoms with Crippen LogP contribution >= 0.6 is 36.4 Å². The van der Waals surface area contributed by atoms with Crippen LogP contribution in [0.4, 0.5) is 0 Å². The molecule has 2 rings (SSSR count). The molecular formula is C19H27Cl3N2O2. The lowest BCUT2D eigenvalue weighted by atomic mass is 10.1. The van der Waals surface area contributed by atoms with Gasteiger partial charge in [-0.1, -0.05) is 37.6 Å². The van der Waals surface area contributed by atoms with Crippen LogP contribution in [-0.2, 0) is 13.2 Å². The molecule has 0 atom stereocenters. The molecule has 26 heavy (non-hydrogen) atoms. The fraction of sp³-hybridized carbons (Fsp3) is 0.421. The summed E-state index contributed by atoms with van der Waals surface area (Å²) >= 11 is 5.80. The predicted molar refractivity (Wildman–Crippen MR) is 112 cm³/mol. The third kappa shape index (κ3) is 8.45. The quantitative estimate of drug-likeness (QED) is 0.558. The minimum absolute atomic E-state index is 0. The summed E-state index contributed by atoms with van der Waals surface area (Å²) in [6, 6.07) is 9.71. The van der Waals surface area contributed by atoms with Gasteiger partial charge in [0.2, 0.25) is 0 Å². The second kappa shape index (κ2) is 13.0. The molecule has 0 saturated carbocycles. The first-order valence-corrected chi connectivity index (χ1v) is 8.66. The highest BCUT2D eigenvalue weighted by molar-refractivity contribution is 6.29. The van der Waals surface area contributed by atoms with E-state index in [1.807, 2.05) is 25.1 Å². The summed E-state index contributed by atoms with van der Waals surface area (Å²) in [7, 11) is 0. The minimum atomic E-state index is 0. The Labute approximate surface area is 173 Å². The van der Waals surface area contributed by atoms with Gasteiger partial charge >= 0.3 is 0 Å². The standard InChI is InChI=1S/C19H25ClN2O2.2ClH/c1-4-23-18-9-15(11-21-10-14(2)3)5-7-17(18)24-13-16-6-8-19(20)22-12-16;;/h5-9,12,14,21H,4,10-11,13H2,1-3H3;2*1H. The number of rotatable bonds is 9. The van der Waals surface area contributed by atoms with Crippen molar-refractivity contribution >= 4 is 36.4 Å². The molecule has 0 amide bonds. The molecule has 4 nitrogen and oxygen atoms in total. The van der Waals surface area contributed by atoms with E-state index in [0.29, 0.717) is 24.3 Å². The van der Waals surface area contributed by atoms with E-state index >= 15 is 0 Å². The van der Waals surface area contributed by atoms with E-state index in [0.717, 1.165) is 30.2 Å². The number of halogens is 3. The fourth-order valence-corrected chi connectivity index (χ4v) is 2.32. The lowest BCUT2D eigenvalue weighted by Gasteiger charge is -2.14. The average Bonchev–Trinajstić information content (AvgIpc) is 2.55. The normalized spacial score (nSPS) is 10.0. The van der Waals surface area contributed by atoms with E-state index in [1.165, 1.54) is 5.56 Å². The number of aromatic nitrogens is 1. The summed E-state index contributed by atoms with van der Waals surface area (Å²) in [4.78, 5) is 4.06. The predicted octanol–water partition coefficient (Wildman–Crippen LogP) is 5.30. The van der Waals surface area contributed by atoms with Crippen LogP contribution in [0, 0.1) is 5.92 Å². The number of hydrogen-bond donors (Lipinski definition) is 1. The van der Waals surface area contributed by atoms with Crippen molar-refractivity contribution in [2.75, 3.05) is 13.2 Å². The first-order chi connectivity index (χ1) is 11.6. The zero-order valence-corrected chi connectivity index (χ0v) is 17.7. The molecular weight excluding hydrogens is 395 g/mol. The van der Waals surface area contributed by atoms with Gasteiger partial charge in [0.1, 0.15) is 11.8 Å². The van der Waals surface area contributed by atoms with Crippen LogP contribution < -0.4 is 14.8 Å². The summed E-state index contributed by atoms with van der Waals surface area (Å²) in [6.07, 6.45) is 1.72. The lowest BCUT2D eigenvalue weighted by Crippen LogP contribution is -2.19. The highest BCUT2D eigenvalue weighted by Crippen LogP contribution is 2.29. The van der Waals surface area contributed by atoms with Gasteiger partial charge in [-0.15, -0.1) is 24.8 Å².